The van der Waals surface area contributed by atoms with Gasteiger partial charge in [-0.3, -0.25) is 4.79 Å². The van der Waals surface area contributed by atoms with Gasteiger partial charge in [0, 0.05) is 28.1 Å². The molecule has 1 amide bonds. The number of carbonyl (C=O) groups excluding carboxylic acids is 1. The van der Waals surface area contributed by atoms with Gasteiger partial charge in [-0.25, -0.2) is 4.98 Å². The van der Waals surface area contributed by atoms with E-state index in [2.05, 4.69) is 16.9 Å². The molecule has 158 valence electrons. The van der Waals surface area contributed by atoms with Crippen molar-refractivity contribution in [3.63, 3.8) is 0 Å². The minimum atomic E-state index is -0.834. The molecule has 1 unspecified atom stereocenters. The van der Waals surface area contributed by atoms with Crippen LogP contribution in [0.4, 0.5) is 5.82 Å². The number of anilines is 1. The molecule has 3 aromatic rings. The number of amides is 1. The van der Waals surface area contributed by atoms with Crippen LogP contribution in [0.15, 0.2) is 73.0 Å². The van der Waals surface area contributed by atoms with Crippen LogP contribution in [-0.2, 0) is 10.3 Å². The van der Waals surface area contributed by atoms with Crippen molar-refractivity contribution in [1.29, 1.82) is 0 Å². The maximum absolute atomic E-state index is 12.0. The second-order valence-electron chi connectivity index (χ2n) is 8.21. The minimum absolute atomic E-state index is 0.0484. The highest BCUT2D eigenvalue weighted by atomic mass is 35.5. The molecule has 1 aromatic heterocycles. The van der Waals surface area contributed by atoms with E-state index >= 15 is 0 Å². The topological polar surface area (TPSA) is 68.0 Å². The van der Waals surface area contributed by atoms with Crippen molar-refractivity contribution >= 4 is 34.1 Å². The van der Waals surface area contributed by atoms with Crippen LogP contribution >= 0.6 is 11.6 Å². The molecule has 1 atom stereocenters. The molecular weight excluding hydrogens is 406 g/mol. The highest BCUT2D eigenvalue weighted by Crippen LogP contribution is 2.40. The van der Waals surface area contributed by atoms with E-state index < -0.39 is 5.54 Å². The molecule has 2 aromatic carbocycles. The van der Waals surface area contributed by atoms with Gasteiger partial charge in [-0.15, -0.1) is 0 Å². The zero-order valence-electron chi connectivity index (χ0n) is 17.8. The van der Waals surface area contributed by atoms with E-state index in [0.717, 1.165) is 45.9 Å². The summed E-state index contributed by atoms with van der Waals surface area (Å²) in [5.74, 6) is 0.764. The fourth-order valence-electron chi connectivity index (χ4n) is 3.83. The van der Waals surface area contributed by atoms with Crippen LogP contribution in [0.2, 0.25) is 5.02 Å². The van der Waals surface area contributed by atoms with Gasteiger partial charge >= 0.3 is 0 Å². The molecule has 1 saturated carbocycles. The third-order valence-electron chi connectivity index (χ3n) is 5.80. The smallest absolute Gasteiger partial charge is 0.228 e. The standard InChI is InChI=1S/C26H26ClN3O/c1-4-12-26(28,16(2)3)21-6-5-7-22(27)24(21)19-11-10-18-14-23(29-15-20(18)13-19)30-25(31)17-8-9-17/h4-7,10-15,17H,2,8-9,28H2,1,3H3,(H,29,30,31). The molecule has 4 rings (SSSR count). The average molecular weight is 432 g/mol. The molecule has 0 radical (unpaired) electrons. The largest absolute Gasteiger partial charge is 0.315 e. The molecule has 0 bridgehead atoms. The van der Waals surface area contributed by atoms with Crippen LogP contribution < -0.4 is 11.1 Å². The predicted octanol–water partition coefficient (Wildman–Crippen LogP) is 6.21. The highest BCUT2D eigenvalue weighted by Gasteiger charge is 2.30. The van der Waals surface area contributed by atoms with Gasteiger partial charge in [0.05, 0.1) is 5.54 Å². The van der Waals surface area contributed by atoms with E-state index in [1.165, 1.54) is 0 Å². The number of pyridine rings is 1. The number of aromatic nitrogens is 1. The maximum atomic E-state index is 12.0. The van der Waals surface area contributed by atoms with Crippen LogP contribution in [0.5, 0.6) is 0 Å². The lowest BCUT2D eigenvalue weighted by Gasteiger charge is -2.30. The molecule has 1 aliphatic carbocycles. The van der Waals surface area contributed by atoms with Crippen molar-refractivity contribution in [2.24, 2.45) is 11.7 Å². The van der Waals surface area contributed by atoms with Crippen molar-refractivity contribution in [1.82, 2.24) is 4.98 Å². The van der Waals surface area contributed by atoms with Crippen molar-refractivity contribution in [3.8, 4) is 11.1 Å². The fourth-order valence-corrected chi connectivity index (χ4v) is 4.11. The summed E-state index contributed by atoms with van der Waals surface area (Å²) in [6.07, 6.45) is 7.58. The summed E-state index contributed by atoms with van der Waals surface area (Å²) in [5.41, 5.74) is 9.50. The molecule has 0 aliphatic heterocycles. The van der Waals surface area contributed by atoms with Crippen molar-refractivity contribution < 1.29 is 4.79 Å². The van der Waals surface area contributed by atoms with E-state index in [0.29, 0.717) is 10.8 Å². The van der Waals surface area contributed by atoms with E-state index in [-0.39, 0.29) is 11.8 Å². The van der Waals surface area contributed by atoms with Crippen LogP contribution in [0.1, 0.15) is 32.3 Å². The SMILES string of the molecule is C=C(C)C(N)(C=CC)c1cccc(Cl)c1-c1ccc2cc(NC(=O)C3CC3)ncc2c1. The second-order valence-corrected chi connectivity index (χ2v) is 8.61. The molecule has 0 spiro atoms. The molecular formula is C26H26ClN3O. The van der Waals surface area contributed by atoms with Crippen LogP contribution in [0.3, 0.4) is 0 Å². The van der Waals surface area contributed by atoms with Gasteiger partial charge in [0.2, 0.25) is 5.91 Å². The van der Waals surface area contributed by atoms with E-state index in [9.17, 15) is 4.79 Å². The molecule has 1 fully saturated rings. The van der Waals surface area contributed by atoms with Gasteiger partial charge in [-0.1, -0.05) is 60.2 Å². The zero-order chi connectivity index (χ0) is 22.2. The van der Waals surface area contributed by atoms with Gasteiger partial charge in [-0.2, -0.15) is 0 Å². The molecule has 5 heteroatoms. The Labute approximate surface area is 187 Å². The molecule has 1 aliphatic rings. The predicted molar refractivity (Wildman–Crippen MR) is 129 cm³/mol. The van der Waals surface area contributed by atoms with Gasteiger partial charge in [0.25, 0.3) is 0 Å². The summed E-state index contributed by atoms with van der Waals surface area (Å²) in [6.45, 7) is 7.99. The normalized spacial score (nSPS) is 15.7. The Morgan fingerprint density at radius 2 is 2.03 bits per heavy atom. The third-order valence-corrected chi connectivity index (χ3v) is 6.12. The number of hydrogen-bond acceptors (Lipinski definition) is 3. The number of benzene rings is 2. The summed E-state index contributed by atoms with van der Waals surface area (Å²) in [6, 6.07) is 13.8. The summed E-state index contributed by atoms with van der Waals surface area (Å²) in [4.78, 5) is 16.5. The van der Waals surface area contributed by atoms with E-state index in [1.807, 2.05) is 68.5 Å². The number of hydrogen-bond donors (Lipinski definition) is 2. The first-order chi connectivity index (χ1) is 14.8. The molecule has 0 saturated heterocycles. The molecule has 1 heterocycles. The van der Waals surface area contributed by atoms with Crippen LogP contribution in [0, 0.1) is 5.92 Å². The molecule has 31 heavy (non-hydrogen) atoms. The number of nitrogens with zero attached hydrogens (tertiary/aromatic N) is 1. The Hall–Kier alpha value is -2.95. The van der Waals surface area contributed by atoms with Gasteiger partial charge < -0.3 is 11.1 Å². The van der Waals surface area contributed by atoms with E-state index in [1.54, 1.807) is 6.20 Å². The van der Waals surface area contributed by atoms with Gasteiger partial charge in [0.1, 0.15) is 5.82 Å². The number of carbonyl (C=O) groups is 1. The number of allylic oxidation sites excluding steroid dienone is 1. The quantitative estimate of drug-likeness (QED) is 0.456. The Kier molecular flexibility index (Phi) is 5.69. The monoisotopic (exact) mass is 431 g/mol. The number of rotatable bonds is 6. The van der Waals surface area contributed by atoms with Crippen molar-refractivity contribution in [3.05, 3.63) is 83.6 Å². The summed E-state index contributed by atoms with van der Waals surface area (Å²) in [5, 5.41) is 5.47. The van der Waals surface area contributed by atoms with Crippen LogP contribution in [0.25, 0.3) is 21.9 Å². The Morgan fingerprint density at radius 3 is 2.71 bits per heavy atom. The molecule has 3 N–H and O–H groups in total. The van der Waals surface area contributed by atoms with Crippen molar-refractivity contribution in [2.75, 3.05) is 5.32 Å². The number of fused-ring (bicyclic) bond motifs is 1. The zero-order valence-corrected chi connectivity index (χ0v) is 18.5. The fraction of sp³-hybridized carbons (Fsp3) is 0.231. The maximum Gasteiger partial charge on any atom is 0.228 e. The minimum Gasteiger partial charge on any atom is -0.315 e. The first-order valence-corrected chi connectivity index (χ1v) is 10.8. The Balaban J connectivity index is 1.78. The molecule has 4 nitrogen and oxygen atoms in total. The second kappa shape index (κ2) is 8.29. The first-order valence-electron chi connectivity index (χ1n) is 10.4. The van der Waals surface area contributed by atoms with Crippen molar-refractivity contribution in [2.45, 2.75) is 32.2 Å². The van der Waals surface area contributed by atoms with Crippen LogP contribution in [-0.4, -0.2) is 10.9 Å². The van der Waals surface area contributed by atoms with E-state index in [4.69, 9.17) is 17.3 Å². The number of nitrogens with one attached hydrogen (secondary N) is 1. The Bertz CT molecular complexity index is 1210. The highest BCUT2D eigenvalue weighted by molar-refractivity contribution is 6.33. The first kappa shape index (κ1) is 21.3. The lowest BCUT2D eigenvalue weighted by atomic mass is 9.80. The number of halogens is 1. The van der Waals surface area contributed by atoms with Gasteiger partial charge in [-0.05, 0) is 61.4 Å². The lowest BCUT2D eigenvalue weighted by molar-refractivity contribution is -0.117. The lowest BCUT2D eigenvalue weighted by Crippen LogP contribution is -2.36. The third kappa shape index (κ3) is 4.14. The number of nitrogens with two attached hydrogens (primary N) is 1. The average Bonchev–Trinajstić information content (AvgIpc) is 3.59. The summed E-state index contributed by atoms with van der Waals surface area (Å²) in [7, 11) is 0. The summed E-state index contributed by atoms with van der Waals surface area (Å²) < 4.78 is 0. The summed E-state index contributed by atoms with van der Waals surface area (Å²) >= 11 is 6.67. The Morgan fingerprint density at radius 1 is 1.26 bits per heavy atom. The van der Waals surface area contributed by atoms with Gasteiger partial charge in [0.15, 0.2) is 0 Å².